The van der Waals surface area contributed by atoms with Crippen LogP contribution in [0.4, 0.5) is 0 Å². The highest BCUT2D eigenvalue weighted by Crippen LogP contribution is 2.40. The van der Waals surface area contributed by atoms with Crippen molar-refractivity contribution in [1.82, 2.24) is 4.90 Å². The summed E-state index contributed by atoms with van der Waals surface area (Å²) in [6.07, 6.45) is 0.626. The number of hydrogen-bond acceptors (Lipinski definition) is 4. The van der Waals surface area contributed by atoms with Crippen molar-refractivity contribution in [1.29, 1.82) is 0 Å². The fraction of sp³-hybridized carbons (Fsp3) is 0.722. The van der Waals surface area contributed by atoms with Crippen molar-refractivity contribution in [3.63, 3.8) is 0 Å². The number of β-lactam (4-membered cyclic amide) rings is 1. The van der Waals surface area contributed by atoms with E-state index in [1.165, 1.54) is 11.8 Å². The molecule has 1 saturated heterocycles. The van der Waals surface area contributed by atoms with Gasteiger partial charge >= 0.3 is 5.97 Å². The van der Waals surface area contributed by atoms with Crippen LogP contribution in [0.15, 0.2) is 17.5 Å². The Morgan fingerprint density at radius 2 is 1.83 bits per heavy atom. The van der Waals surface area contributed by atoms with Crippen molar-refractivity contribution in [2.75, 3.05) is 0 Å². The van der Waals surface area contributed by atoms with Crippen molar-refractivity contribution in [2.24, 2.45) is 5.92 Å². The Morgan fingerprint density at radius 1 is 1.29 bits per heavy atom. The van der Waals surface area contributed by atoms with E-state index in [-0.39, 0.29) is 17.0 Å². The first-order chi connectivity index (χ1) is 10.8. The highest BCUT2D eigenvalue weighted by Gasteiger charge is 2.53. The molecule has 0 saturated carbocycles. The highest BCUT2D eigenvalue weighted by atomic mass is 28.4. The summed E-state index contributed by atoms with van der Waals surface area (Å²) in [6, 6.07) is 0. The molecule has 24 heavy (non-hydrogen) atoms. The van der Waals surface area contributed by atoms with Crippen LogP contribution in [-0.4, -0.2) is 37.4 Å². The minimum Gasteiger partial charge on any atom is -0.440 e. The zero-order valence-electron chi connectivity index (χ0n) is 16.4. The van der Waals surface area contributed by atoms with E-state index in [0.717, 1.165) is 5.57 Å². The summed E-state index contributed by atoms with van der Waals surface area (Å²) >= 11 is 0. The maximum Gasteiger partial charge on any atom is 0.304 e. The number of esters is 1. The second kappa shape index (κ2) is 7.26. The van der Waals surface area contributed by atoms with Crippen LogP contribution >= 0.6 is 0 Å². The van der Waals surface area contributed by atoms with Gasteiger partial charge in [0.1, 0.15) is 5.92 Å². The lowest BCUT2D eigenvalue weighted by molar-refractivity contribution is -0.197. The molecule has 0 unspecified atom stereocenters. The third-order valence-corrected chi connectivity index (χ3v) is 9.27. The minimum absolute atomic E-state index is 0.0482. The summed E-state index contributed by atoms with van der Waals surface area (Å²) in [6.45, 7) is 17.8. The van der Waals surface area contributed by atoms with Crippen molar-refractivity contribution < 1.29 is 18.8 Å². The Balaban J connectivity index is 2.99. The van der Waals surface area contributed by atoms with Gasteiger partial charge in [0.05, 0.1) is 12.3 Å². The fourth-order valence-electron chi connectivity index (χ4n) is 2.29. The van der Waals surface area contributed by atoms with E-state index in [1.54, 1.807) is 6.20 Å². The quantitative estimate of drug-likeness (QED) is 0.326. The lowest BCUT2D eigenvalue weighted by Gasteiger charge is -2.48. The van der Waals surface area contributed by atoms with E-state index in [1.807, 2.05) is 20.8 Å². The van der Waals surface area contributed by atoms with Gasteiger partial charge in [0, 0.05) is 6.92 Å². The fourth-order valence-corrected chi connectivity index (χ4v) is 3.72. The van der Waals surface area contributed by atoms with Gasteiger partial charge in [-0.2, -0.15) is 0 Å². The molecule has 0 aromatic rings. The second-order valence-corrected chi connectivity index (χ2v) is 12.9. The van der Waals surface area contributed by atoms with Gasteiger partial charge < -0.3 is 9.16 Å². The minimum atomic E-state index is -2.01. The molecule has 0 radical (unpaired) electrons. The van der Waals surface area contributed by atoms with Gasteiger partial charge in [-0.1, -0.05) is 20.8 Å². The molecule has 0 aliphatic carbocycles. The molecule has 1 rings (SSSR count). The molecule has 0 aromatic carbocycles. The number of nitrogens with zero attached hydrogens (tertiary/aromatic N) is 1. The number of likely N-dealkylation sites (tertiary alicyclic amines) is 1. The van der Waals surface area contributed by atoms with Crippen molar-refractivity contribution in [2.45, 2.75) is 78.9 Å². The zero-order chi connectivity index (χ0) is 18.9. The summed E-state index contributed by atoms with van der Waals surface area (Å²) < 4.78 is 11.7. The van der Waals surface area contributed by atoms with Crippen LogP contribution < -0.4 is 0 Å². The maximum absolute atomic E-state index is 12.5. The molecular formula is C18H31NO4Si. The molecular weight excluding hydrogens is 322 g/mol. The first-order valence-corrected chi connectivity index (χ1v) is 11.3. The Labute approximate surface area is 146 Å². The van der Waals surface area contributed by atoms with Crippen molar-refractivity contribution >= 4 is 20.2 Å². The first kappa shape index (κ1) is 20.7. The third kappa shape index (κ3) is 4.59. The summed E-state index contributed by atoms with van der Waals surface area (Å²) in [5.74, 6) is -0.980. The van der Waals surface area contributed by atoms with Crippen LogP contribution in [0, 0.1) is 5.92 Å². The summed E-state index contributed by atoms with van der Waals surface area (Å²) in [5.41, 5.74) is 3.93. The maximum atomic E-state index is 12.5. The van der Waals surface area contributed by atoms with E-state index < -0.39 is 26.4 Å². The molecule has 0 aromatic heterocycles. The molecule has 1 amide bonds. The molecule has 1 aliphatic rings. The topological polar surface area (TPSA) is 55.8 Å². The standard InChI is InChI=1S/C18H31NO4Si/c1-12(2)10-11-19-16(21)15(17(19)22-14(4)20)13(3)23-24(8,9)18(5,6)7/h11,13,15,17H,1-9H3/t13-,15+,17-/m1/s1. The van der Waals surface area contributed by atoms with Crippen LogP contribution in [0.3, 0.4) is 0 Å². The Kier molecular flexibility index (Phi) is 6.25. The van der Waals surface area contributed by atoms with Gasteiger partial charge in [-0.3, -0.25) is 14.5 Å². The van der Waals surface area contributed by atoms with Gasteiger partial charge in [-0.15, -0.1) is 5.73 Å². The lowest BCUT2D eigenvalue weighted by Crippen LogP contribution is -2.64. The van der Waals surface area contributed by atoms with E-state index in [2.05, 4.69) is 39.6 Å². The van der Waals surface area contributed by atoms with Crippen LogP contribution in [0.5, 0.6) is 0 Å². The van der Waals surface area contributed by atoms with E-state index in [9.17, 15) is 9.59 Å². The molecule has 5 nitrogen and oxygen atoms in total. The van der Waals surface area contributed by atoms with Gasteiger partial charge in [0.25, 0.3) is 0 Å². The number of allylic oxidation sites excluding steroid dienone is 1. The van der Waals surface area contributed by atoms with Crippen LogP contribution in [-0.2, 0) is 18.8 Å². The average Bonchev–Trinajstić information content (AvgIpc) is 2.35. The predicted molar refractivity (Wildman–Crippen MR) is 96.6 cm³/mol. The molecule has 0 N–H and O–H groups in total. The predicted octanol–water partition coefficient (Wildman–Crippen LogP) is 3.82. The Hall–Kier alpha value is -1.36. The molecule has 0 bridgehead atoms. The molecule has 0 spiro atoms. The molecule has 6 heteroatoms. The summed E-state index contributed by atoms with van der Waals surface area (Å²) in [5, 5.41) is 0.0482. The first-order valence-electron chi connectivity index (χ1n) is 8.35. The number of carbonyl (C=O) groups is 2. The van der Waals surface area contributed by atoms with E-state index in [0.29, 0.717) is 0 Å². The largest absolute Gasteiger partial charge is 0.440 e. The lowest BCUT2D eigenvalue weighted by atomic mass is 9.91. The second-order valence-electron chi connectivity index (χ2n) is 8.13. The van der Waals surface area contributed by atoms with E-state index >= 15 is 0 Å². The zero-order valence-corrected chi connectivity index (χ0v) is 17.4. The van der Waals surface area contributed by atoms with Crippen molar-refractivity contribution in [3.8, 4) is 0 Å². The molecule has 1 fully saturated rings. The van der Waals surface area contributed by atoms with Gasteiger partial charge in [-0.25, -0.2) is 0 Å². The van der Waals surface area contributed by atoms with Crippen LogP contribution in [0.25, 0.3) is 0 Å². The number of hydrogen-bond donors (Lipinski definition) is 0. The number of ether oxygens (including phenoxy) is 1. The average molecular weight is 354 g/mol. The molecule has 1 aliphatic heterocycles. The smallest absolute Gasteiger partial charge is 0.304 e. The SMILES string of the molecule is CC(=O)O[C@@H]1[C@@H]([C@@H](C)O[Si](C)(C)C(C)(C)C)C(=O)N1C=C=C(C)C. The summed E-state index contributed by atoms with van der Waals surface area (Å²) in [7, 11) is -2.01. The molecule has 1 heterocycles. The normalized spacial score (nSPS) is 22.4. The Bertz CT molecular complexity index is 566. The third-order valence-electron chi connectivity index (χ3n) is 4.69. The monoisotopic (exact) mass is 353 g/mol. The van der Waals surface area contributed by atoms with Crippen LogP contribution in [0.1, 0.15) is 48.5 Å². The Morgan fingerprint density at radius 3 is 2.25 bits per heavy atom. The van der Waals surface area contributed by atoms with Gasteiger partial charge in [-0.05, 0) is 44.5 Å². The van der Waals surface area contributed by atoms with E-state index in [4.69, 9.17) is 9.16 Å². The molecule has 136 valence electrons. The number of carbonyl (C=O) groups excluding carboxylic acids is 2. The number of amides is 1. The van der Waals surface area contributed by atoms with Crippen molar-refractivity contribution in [3.05, 3.63) is 17.5 Å². The van der Waals surface area contributed by atoms with Gasteiger partial charge in [0.15, 0.2) is 14.5 Å². The van der Waals surface area contributed by atoms with Crippen LogP contribution in [0.2, 0.25) is 18.1 Å². The summed E-state index contributed by atoms with van der Waals surface area (Å²) in [4.78, 5) is 25.4. The van der Waals surface area contributed by atoms with Gasteiger partial charge in [0.2, 0.25) is 5.91 Å². The number of rotatable bonds is 5. The molecule has 3 atom stereocenters. The highest BCUT2D eigenvalue weighted by molar-refractivity contribution is 6.74.